The Morgan fingerprint density at radius 2 is 1.87 bits per heavy atom. The average Bonchev–Trinajstić information content (AvgIpc) is 2.71. The summed E-state index contributed by atoms with van der Waals surface area (Å²) in [5.41, 5.74) is 1.62. The first kappa shape index (κ1) is 17.6. The first-order valence-electron chi connectivity index (χ1n) is 8.21. The van der Waals surface area contributed by atoms with Gasteiger partial charge in [0.2, 0.25) is 5.91 Å². The van der Waals surface area contributed by atoms with Gasteiger partial charge in [0.1, 0.15) is 0 Å². The molecule has 0 unspecified atom stereocenters. The van der Waals surface area contributed by atoms with Crippen molar-refractivity contribution in [3.05, 3.63) is 41.7 Å². The van der Waals surface area contributed by atoms with Gasteiger partial charge in [0.25, 0.3) is 0 Å². The van der Waals surface area contributed by atoms with E-state index >= 15 is 0 Å². The predicted octanol–water partition coefficient (Wildman–Crippen LogP) is 1.76. The fourth-order valence-corrected chi connectivity index (χ4v) is 3.04. The van der Waals surface area contributed by atoms with Crippen molar-refractivity contribution in [3.8, 4) is 0 Å². The second kappa shape index (κ2) is 7.23. The van der Waals surface area contributed by atoms with Crippen LogP contribution in [0.1, 0.15) is 39.7 Å². The summed E-state index contributed by atoms with van der Waals surface area (Å²) >= 11 is 0. The number of amides is 1. The van der Waals surface area contributed by atoms with Crippen LogP contribution in [0.3, 0.4) is 0 Å². The van der Waals surface area contributed by atoms with Gasteiger partial charge in [-0.25, -0.2) is 0 Å². The van der Waals surface area contributed by atoms with Crippen LogP contribution in [0.5, 0.6) is 0 Å². The molecular formula is C18H28N4O. The molecule has 0 radical (unpaired) electrons. The number of hydrogen-bond acceptors (Lipinski definition) is 4. The van der Waals surface area contributed by atoms with E-state index in [0.29, 0.717) is 6.54 Å². The molecular weight excluding hydrogens is 288 g/mol. The number of hydrogen-bond donors (Lipinski definition) is 3. The van der Waals surface area contributed by atoms with Crippen molar-refractivity contribution >= 4 is 5.91 Å². The van der Waals surface area contributed by atoms with E-state index in [0.717, 1.165) is 25.1 Å². The number of nitrogens with one attached hydrogen (secondary N) is 3. The van der Waals surface area contributed by atoms with Crippen molar-refractivity contribution in [1.29, 1.82) is 0 Å². The van der Waals surface area contributed by atoms with E-state index in [9.17, 15) is 4.79 Å². The van der Waals surface area contributed by atoms with E-state index in [1.54, 1.807) is 12.4 Å². The van der Waals surface area contributed by atoms with Crippen LogP contribution < -0.4 is 16.0 Å². The van der Waals surface area contributed by atoms with E-state index in [4.69, 9.17) is 0 Å². The highest BCUT2D eigenvalue weighted by molar-refractivity contribution is 5.96. The largest absolute Gasteiger partial charge is 0.352 e. The van der Waals surface area contributed by atoms with Crippen LogP contribution >= 0.6 is 0 Å². The van der Waals surface area contributed by atoms with Crippen LogP contribution in [-0.4, -0.2) is 35.1 Å². The van der Waals surface area contributed by atoms with E-state index in [2.05, 4.69) is 34.8 Å². The van der Waals surface area contributed by atoms with Gasteiger partial charge >= 0.3 is 0 Å². The van der Waals surface area contributed by atoms with Crippen molar-refractivity contribution in [2.24, 2.45) is 0 Å². The van der Waals surface area contributed by atoms with Gasteiger partial charge in [-0.3, -0.25) is 15.1 Å². The third-order valence-corrected chi connectivity index (χ3v) is 3.95. The van der Waals surface area contributed by atoms with Crippen molar-refractivity contribution < 1.29 is 4.79 Å². The predicted molar refractivity (Wildman–Crippen MR) is 92.9 cm³/mol. The molecule has 1 aliphatic heterocycles. The third kappa shape index (κ3) is 5.15. The lowest BCUT2D eigenvalue weighted by atomic mass is 9.96. The summed E-state index contributed by atoms with van der Waals surface area (Å²) < 4.78 is 0. The summed E-state index contributed by atoms with van der Waals surface area (Å²) in [5, 5.41) is 9.85. The topological polar surface area (TPSA) is 66.0 Å². The smallest absolute Gasteiger partial charge is 0.248 e. The number of carbonyl (C=O) groups excluding carboxylic acids is 1. The Morgan fingerprint density at radius 3 is 2.48 bits per heavy atom. The Kier molecular flexibility index (Phi) is 5.55. The summed E-state index contributed by atoms with van der Waals surface area (Å²) in [4.78, 5) is 16.4. The van der Waals surface area contributed by atoms with Crippen molar-refractivity contribution in [2.45, 2.75) is 51.7 Å². The molecule has 0 aliphatic carbocycles. The van der Waals surface area contributed by atoms with E-state index < -0.39 is 0 Å². The summed E-state index contributed by atoms with van der Waals surface area (Å²) in [5.74, 6) is 0.0298. The molecule has 2 heterocycles. The van der Waals surface area contributed by atoms with E-state index in [-0.39, 0.29) is 17.0 Å². The first-order chi connectivity index (χ1) is 10.8. The molecule has 0 atom stereocenters. The van der Waals surface area contributed by atoms with Gasteiger partial charge in [-0.05, 0) is 58.4 Å². The maximum atomic E-state index is 12.4. The highest BCUT2D eigenvalue weighted by Crippen LogP contribution is 2.29. The zero-order valence-corrected chi connectivity index (χ0v) is 14.6. The van der Waals surface area contributed by atoms with Gasteiger partial charge in [0.05, 0.1) is 0 Å². The Labute approximate surface area is 139 Å². The summed E-state index contributed by atoms with van der Waals surface area (Å²) in [6, 6.07) is 4.00. The van der Waals surface area contributed by atoms with Crippen molar-refractivity contribution in [2.75, 3.05) is 13.1 Å². The zero-order chi connectivity index (χ0) is 16.9. The molecule has 5 heteroatoms. The van der Waals surface area contributed by atoms with Crippen LogP contribution in [-0.2, 0) is 11.3 Å². The van der Waals surface area contributed by atoms with E-state index in [1.165, 1.54) is 5.56 Å². The van der Waals surface area contributed by atoms with Crippen LogP contribution in [0.4, 0.5) is 0 Å². The minimum absolute atomic E-state index is 0.0298. The van der Waals surface area contributed by atoms with Crippen LogP contribution in [0, 0.1) is 0 Å². The summed E-state index contributed by atoms with van der Waals surface area (Å²) in [7, 11) is 0. The van der Waals surface area contributed by atoms with Gasteiger partial charge in [0.15, 0.2) is 0 Å². The number of pyridine rings is 1. The minimum atomic E-state index is -0.285. The van der Waals surface area contributed by atoms with Gasteiger partial charge < -0.3 is 10.6 Å². The second-order valence-electron chi connectivity index (χ2n) is 7.17. The summed E-state index contributed by atoms with van der Waals surface area (Å²) in [6.45, 7) is 10.6. The minimum Gasteiger partial charge on any atom is -0.352 e. The molecule has 1 amide bonds. The summed E-state index contributed by atoms with van der Waals surface area (Å²) in [6.07, 6.45) is 6.53. The Bertz CT molecular complexity index is 564. The van der Waals surface area contributed by atoms with Gasteiger partial charge in [-0.1, -0.05) is 6.08 Å². The molecule has 0 aromatic carbocycles. The van der Waals surface area contributed by atoms with Crippen molar-refractivity contribution in [1.82, 2.24) is 20.9 Å². The SMILES string of the molecule is CC1(C)C=C(C(=O)NCCCNCc2ccncc2)C(C)(C)N1. The molecule has 1 aromatic heterocycles. The Morgan fingerprint density at radius 1 is 1.17 bits per heavy atom. The molecule has 0 saturated heterocycles. The van der Waals surface area contributed by atoms with Gasteiger partial charge in [0, 0.05) is 42.1 Å². The molecule has 126 valence electrons. The standard InChI is InChI=1S/C18H28N4O/c1-17(2)12-15(18(3,4)22-17)16(23)21-9-5-8-20-13-14-6-10-19-11-7-14/h6-7,10-12,20,22H,5,8-9,13H2,1-4H3,(H,21,23). The fraction of sp³-hybridized carbons (Fsp3) is 0.556. The van der Waals surface area contributed by atoms with Crippen LogP contribution in [0.2, 0.25) is 0 Å². The van der Waals surface area contributed by atoms with Crippen molar-refractivity contribution in [3.63, 3.8) is 0 Å². The second-order valence-corrected chi connectivity index (χ2v) is 7.17. The van der Waals surface area contributed by atoms with Gasteiger partial charge in [-0.15, -0.1) is 0 Å². The lowest BCUT2D eigenvalue weighted by molar-refractivity contribution is -0.118. The Hall–Kier alpha value is -1.72. The molecule has 1 aliphatic rings. The number of carbonyl (C=O) groups is 1. The molecule has 0 saturated carbocycles. The van der Waals surface area contributed by atoms with E-state index in [1.807, 2.05) is 32.1 Å². The molecule has 0 fully saturated rings. The molecule has 0 spiro atoms. The molecule has 2 rings (SSSR count). The molecule has 1 aromatic rings. The highest BCUT2D eigenvalue weighted by atomic mass is 16.1. The normalized spacial score (nSPS) is 18.5. The zero-order valence-electron chi connectivity index (χ0n) is 14.6. The lowest BCUT2D eigenvalue weighted by Gasteiger charge is -2.27. The first-order valence-corrected chi connectivity index (χ1v) is 8.21. The van der Waals surface area contributed by atoms with Crippen LogP contribution in [0.15, 0.2) is 36.2 Å². The Balaban J connectivity index is 1.67. The number of rotatable bonds is 7. The molecule has 23 heavy (non-hydrogen) atoms. The molecule has 5 nitrogen and oxygen atoms in total. The quantitative estimate of drug-likeness (QED) is 0.671. The third-order valence-electron chi connectivity index (χ3n) is 3.95. The lowest BCUT2D eigenvalue weighted by Crippen LogP contribution is -2.47. The number of aromatic nitrogens is 1. The average molecular weight is 316 g/mol. The maximum absolute atomic E-state index is 12.4. The van der Waals surface area contributed by atoms with Crippen LogP contribution in [0.25, 0.3) is 0 Å². The van der Waals surface area contributed by atoms with Gasteiger partial charge in [-0.2, -0.15) is 0 Å². The molecule has 3 N–H and O–H groups in total. The highest BCUT2D eigenvalue weighted by Gasteiger charge is 2.39. The fourth-order valence-electron chi connectivity index (χ4n) is 3.04. The maximum Gasteiger partial charge on any atom is 0.248 e. The molecule has 0 bridgehead atoms. The number of nitrogens with zero attached hydrogens (tertiary/aromatic N) is 1. The monoisotopic (exact) mass is 316 g/mol.